The van der Waals surface area contributed by atoms with Gasteiger partial charge in [-0.15, -0.1) is 0 Å². The maximum absolute atomic E-state index is 15.0. The largest absolute Gasteiger partial charge is 0.350 e. The molecule has 1 atom stereocenters. The first-order chi connectivity index (χ1) is 18.8. The summed E-state index contributed by atoms with van der Waals surface area (Å²) >= 11 is 0. The summed E-state index contributed by atoms with van der Waals surface area (Å²) in [5, 5.41) is 2.93. The van der Waals surface area contributed by atoms with Crippen molar-refractivity contribution in [1.82, 2.24) is 10.2 Å². The first-order valence-corrected chi connectivity index (χ1v) is 14.8. The van der Waals surface area contributed by atoms with E-state index in [-0.39, 0.29) is 23.0 Å². The Morgan fingerprint density at radius 1 is 0.925 bits per heavy atom. The number of hydrogen-bond acceptors (Lipinski definition) is 4. The predicted molar refractivity (Wildman–Crippen MR) is 156 cm³/mol. The van der Waals surface area contributed by atoms with Gasteiger partial charge in [0.25, 0.3) is 10.0 Å². The van der Waals surface area contributed by atoms with Gasteiger partial charge in [-0.1, -0.05) is 67.1 Å². The zero-order valence-corrected chi connectivity index (χ0v) is 24.5. The Kier molecular flexibility index (Phi) is 10.1. The third-order valence-electron chi connectivity index (χ3n) is 6.38. The van der Waals surface area contributed by atoms with Crippen LogP contribution in [0.15, 0.2) is 83.8 Å². The topological polar surface area (TPSA) is 86.8 Å². The van der Waals surface area contributed by atoms with Crippen molar-refractivity contribution >= 4 is 27.5 Å². The number of para-hydroxylation sites is 1. The summed E-state index contributed by atoms with van der Waals surface area (Å²) in [4.78, 5) is 28.6. The van der Waals surface area contributed by atoms with E-state index in [9.17, 15) is 18.0 Å². The van der Waals surface area contributed by atoms with Crippen molar-refractivity contribution in [3.05, 3.63) is 95.8 Å². The zero-order chi connectivity index (χ0) is 29.5. The molecule has 0 aliphatic carbocycles. The molecule has 0 unspecified atom stereocenters. The van der Waals surface area contributed by atoms with Crippen molar-refractivity contribution < 1.29 is 22.4 Å². The maximum atomic E-state index is 15.0. The minimum Gasteiger partial charge on any atom is -0.350 e. The SMILES string of the molecule is CC[C@@H](C(=O)NC(C)(C)C)N(CCc1ccccc1)C(=O)CN(c1ccccc1F)S(=O)(=O)c1ccc(C)cc1. The van der Waals surface area contributed by atoms with Gasteiger partial charge in [0.2, 0.25) is 11.8 Å². The molecule has 0 spiro atoms. The summed E-state index contributed by atoms with van der Waals surface area (Å²) in [5.41, 5.74) is 1.04. The molecule has 3 aromatic rings. The summed E-state index contributed by atoms with van der Waals surface area (Å²) in [6, 6.07) is 20.3. The maximum Gasteiger partial charge on any atom is 0.264 e. The fourth-order valence-electron chi connectivity index (χ4n) is 4.35. The van der Waals surface area contributed by atoms with E-state index >= 15 is 4.39 Å². The van der Waals surface area contributed by atoms with Crippen LogP contribution in [0.4, 0.5) is 10.1 Å². The van der Waals surface area contributed by atoms with Crippen LogP contribution >= 0.6 is 0 Å². The molecule has 3 aromatic carbocycles. The molecule has 1 N–H and O–H groups in total. The number of benzene rings is 3. The van der Waals surface area contributed by atoms with E-state index in [1.165, 1.54) is 35.2 Å². The molecule has 0 saturated carbocycles. The molecule has 0 fully saturated rings. The summed E-state index contributed by atoms with van der Waals surface area (Å²) in [5.74, 6) is -1.72. The normalized spacial score (nSPS) is 12.4. The van der Waals surface area contributed by atoms with Crippen LogP contribution in [0, 0.1) is 12.7 Å². The van der Waals surface area contributed by atoms with Crippen LogP contribution in [0.2, 0.25) is 0 Å². The molecule has 0 saturated heterocycles. The number of carbonyl (C=O) groups is 2. The Labute approximate surface area is 237 Å². The monoisotopic (exact) mass is 567 g/mol. The molecule has 3 rings (SSSR count). The van der Waals surface area contributed by atoms with Crippen LogP contribution in [-0.4, -0.2) is 49.8 Å². The van der Waals surface area contributed by atoms with Crippen molar-refractivity contribution in [2.24, 2.45) is 0 Å². The van der Waals surface area contributed by atoms with E-state index in [1.54, 1.807) is 19.1 Å². The quantitative estimate of drug-likeness (QED) is 0.350. The van der Waals surface area contributed by atoms with Crippen molar-refractivity contribution in [2.45, 2.75) is 63.9 Å². The van der Waals surface area contributed by atoms with Crippen LogP contribution in [0.5, 0.6) is 0 Å². The highest BCUT2D eigenvalue weighted by atomic mass is 32.2. The number of hydrogen-bond donors (Lipinski definition) is 1. The first kappa shape index (κ1) is 30.8. The predicted octanol–water partition coefficient (Wildman–Crippen LogP) is 5.09. The molecule has 40 heavy (non-hydrogen) atoms. The van der Waals surface area contributed by atoms with Crippen molar-refractivity contribution in [3.63, 3.8) is 0 Å². The number of aryl methyl sites for hydroxylation is 1. The average Bonchev–Trinajstić information content (AvgIpc) is 2.89. The van der Waals surface area contributed by atoms with Crippen molar-refractivity contribution in [1.29, 1.82) is 0 Å². The van der Waals surface area contributed by atoms with Crippen LogP contribution < -0.4 is 9.62 Å². The smallest absolute Gasteiger partial charge is 0.264 e. The number of nitrogens with zero attached hydrogens (tertiary/aromatic N) is 2. The molecule has 0 heterocycles. The van der Waals surface area contributed by atoms with Gasteiger partial charge in [-0.05, 0) is 70.4 Å². The Balaban J connectivity index is 2.03. The number of anilines is 1. The summed E-state index contributed by atoms with van der Waals surface area (Å²) in [7, 11) is -4.33. The van der Waals surface area contributed by atoms with Gasteiger partial charge in [0, 0.05) is 12.1 Å². The van der Waals surface area contributed by atoms with Gasteiger partial charge in [0.15, 0.2) is 0 Å². The van der Waals surface area contributed by atoms with E-state index in [0.717, 1.165) is 21.5 Å². The molecular weight excluding hydrogens is 529 g/mol. The van der Waals surface area contributed by atoms with Crippen LogP contribution in [0.25, 0.3) is 0 Å². The van der Waals surface area contributed by atoms with E-state index < -0.39 is 39.9 Å². The third kappa shape index (κ3) is 7.91. The van der Waals surface area contributed by atoms with Gasteiger partial charge in [-0.3, -0.25) is 13.9 Å². The fourth-order valence-corrected chi connectivity index (χ4v) is 5.78. The number of carbonyl (C=O) groups excluding carboxylic acids is 2. The highest BCUT2D eigenvalue weighted by Crippen LogP contribution is 2.27. The third-order valence-corrected chi connectivity index (χ3v) is 8.15. The van der Waals surface area contributed by atoms with Gasteiger partial charge in [0.1, 0.15) is 18.4 Å². The standard InChI is InChI=1S/C31H38FN3O4S/c1-6-27(30(37)33-31(3,4)5)34(21-20-24-12-8-7-9-13-24)29(36)22-35(28-15-11-10-14-26(28)32)40(38,39)25-18-16-23(2)17-19-25/h7-19,27H,6,20-22H2,1-5H3,(H,33,37)/t27-/m0/s1. The number of rotatable bonds is 11. The highest BCUT2D eigenvalue weighted by molar-refractivity contribution is 7.92. The second-order valence-corrected chi connectivity index (χ2v) is 12.6. The van der Waals surface area contributed by atoms with Gasteiger partial charge in [0.05, 0.1) is 10.6 Å². The Bertz CT molecular complexity index is 1400. The molecule has 0 radical (unpaired) electrons. The van der Waals surface area contributed by atoms with Crippen molar-refractivity contribution in [2.75, 3.05) is 17.4 Å². The van der Waals surface area contributed by atoms with Gasteiger partial charge >= 0.3 is 0 Å². The van der Waals surface area contributed by atoms with Crippen molar-refractivity contribution in [3.8, 4) is 0 Å². The van der Waals surface area contributed by atoms with E-state index in [4.69, 9.17) is 0 Å². The van der Waals surface area contributed by atoms with Crippen LogP contribution in [0.3, 0.4) is 0 Å². The molecule has 214 valence electrons. The highest BCUT2D eigenvalue weighted by Gasteiger charge is 2.35. The lowest BCUT2D eigenvalue weighted by Gasteiger charge is -2.34. The fraction of sp³-hybridized carbons (Fsp3) is 0.355. The second-order valence-electron chi connectivity index (χ2n) is 10.8. The molecule has 2 amide bonds. The van der Waals surface area contributed by atoms with E-state index in [0.29, 0.717) is 12.8 Å². The average molecular weight is 568 g/mol. The second kappa shape index (κ2) is 13.1. The lowest BCUT2D eigenvalue weighted by molar-refractivity contribution is -0.140. The zero-order valence-electron chi connectivity index (χ0n) is 23.7. The summed E-state index contributed by atoms with van der Waals surface area (Å²) in [6.45, 7) is 8.67. The van der Waals surface area contributed by atoms with Crippen LogP contribution in [-0.2, 0) is 26.0 Å². The summed E-state index contributed by atoms with van der Waals surface area (Å²) in [6.07, 6.45) is 0.767. The Hall–Kier alpha value is -3.72. The summed E-state index contributed by atoms with van der Waals surface area (Å²) < 4.78 is 43.4. The molecule has 9 heteroatoms. The molecule has 0 bridgehead atoms. The lowest BCUT2D eigenvalue weighted by atomic mass is 10.1. The molecule has 0 aromatic heterocycles. The number of halogens is 1. The molecular formula is C31H38FN3O4S. The number of nitrogens with one attached hydrogen (secondary N) is 1. The van der Waals surface area contributed by atoms with Gasteiger partial charge < -0.3 is 10.2 Å². The minimum atomic E-state index is -4.33. The molecule has 0 aliphatic rings. The Morgan fingerprint density at radius 2 is 1.52 bits per heavy atom. The Morgan fingerprint density at radius 3 is 2.10 bits per heavy atom. The number of amides is 2. The minimum absolute atomic E-state index is 0.0671. The van der Waals surface area contributed by atoms with E-state index in [1.807, 2.05) is 58.0 Å². The first-order valence-electron chi connectivity index (χ1n) is 13.3. The van der Waals surface area contributed by atoms with Gasteiger partial charge in [-0.2, -0.15) is 0 Å². The lowest BCUT2D eigenvalue weighted by Crippen LogP contribution is -2.56. The van der Waals surface area contributed by atoms with E-state index in [2.05, 4.69) is 5.32 Å². The van der Waals surface area contributed by atoms with Crippen LogP contribution in [0.1, 0.15) is 45.2 Å². The molecule has 0 aliphatic heterocycles. The van der Waals surface area contributed by atoms with Gasteiger partial charge in [-0.25, -0.2) is 12.8 Å². The molecule has 7 nitrogen and oxygen atoms in total. The number of sulfonamides is 1.